The molecule has 0 aliphatic carbocycles. The van der Waals surface area contributed by atoms with Gasteiger partial charge in [0, 0.05) is 27.2 Å². The number of pyridine rings is 1. The number of benzene rings is 2. The Bertz CT molecular complexity index is 950. The molecule has 0 atom stereocenters. The Labute approximate surface area is 160 Å². The summed E-state index contributed by atoms with van der Waals surface area (Å²) < 4.78 is 5.54. The Morgan fingerprint density at radius 3 is 2.77 bits per heavy atom. The van der Waals surface area contributed by atoms with Gasteiger partial charge in [-0.15, -0.1) is 0 Å². The van der Waals surface area contributed by atoms with Crippen LogP contribution in [0.3, 0.4) is 0 Å². The first-order valence-corrected chi connectivity index (χ1v) is 9.28. The van der Waals surface area contributed by atoms with E-state index in [0.717, 1.165) is 26.6 Å². The molecule has 1 amide bonds. The van der Waals surface area contributed by atoms with E-state index in [1.165, 1.54) is 0 Å². The van der Waals surface area contributed by atoms with Crippen LogP contribution in [0.1, 0.15) is 11.1 Å². The molecule has 4 rings (SSSR count). The lowest BCUT2D eigenvalue weighted by Gasteiger charge is -2.22. The molecule has 0 saturated heterocycles. The van der Waals surface area contributed by atoms with Crippen molar-refractivity contribution in [2.75, 3.05) is 4.90 Å². The number of aromatic nitrogens is 1. The molecule has 6 heteroatoms. The van der Waals surface area contributed by atoms with Crippen molar-refractivity contribution in [2.24, 2.45) is 0 Å². The van der Waals surface area contributed by atoms with Crippen LogP contribution < -0.4 is 4.90 Å². The number of carbonyl (C=O) groups excluding carboxylic acids is 1. The second-order valence-corrected chi connectivity index (χ2v) is 7.34. The molecular weight excluding hydrogens is 368 g/mol. The number of ether oxygens (including phenoxy) is 1. The number of nitrogens with zero attached hydrogens (tertiary/aromatic N) is 2. The maximum atomic E-state index is 12.8. The first-order valence-electron chi connectivity index (χ1n) is 8.09. The molecule has 3 aromatic rings. The standard InChI is InChI=1S/C20H15ClN2O2S/c21-16-5-6-19-17(11-16)23(12-15-3-1-2-4-18(15)26-19)20(24)25-13-14-7-9-22-10-8-14/h1-11H,12-13H2. The first kappa shape index (κ1) is 16.9. The van der Waals surface area contributed by atoms with Crippen molar-refractivity contribution in [2.45, 2.75) is 22.9 Å². The molecule has 0 bridgehead atoms. The monoisotopic (exact) mass is 382 g/mol. The highest BCUT2D eigenvalue weighted by Gasteiger charge is 2.26. The molecule has 1 aliphatic rings. The second-order valence-electron chi connectivity index (χ2n) is 5.82. The highest BCUT2D eigenvalue weighted by atomic mass is 35.5. The summed E-state index contributed by atoms with van der Waals surface area (Å²) in [6.07, 6.45) is 2.95. The minimum absolute atomic E-state index is 0.197. The van der Waals surface area contributed by atoms with E-state index in [2.05, 4.69) is 11.1 Å². The number of amides is 1. The van der Waals surface area contributed by atoms with Gasteiger partial charge in [-0.1, -0.05) is 41.6 Å². The Morgan fingerprint density at radius 1 is 1.12 bits per heavy atom. The van der Waals surface area contributed by atoms with Gasteiger partial charge in [0.2, 0.25) is 0 Å². The third-order valence-corrected chi connectivity index (χ3v) is 5.48. The Kier molecular flexibility index (Phi) is 4.82. The summed E-state index contributed by atoms with van der Waals surface area (Å²) in [6, 6.07) is 17.3. The predicted molar refractivity (Wildman–Crippen MR) is 103 cm³/mol. The summed E-state index contributed by atoms with van der Waals surface area (Å²) in [7, 11) is 0. The molecule has 26 heavy (non-hydrogen) atoms. The van der Waals surface area contributed by atoms with Crippen LogP contribution in [0.2, 0.25) is 5.02 Å². The Hall–Kier alpha value is -2.50. The van der Waals surface area contributed by atoms with E-state index < -0.39 is 6.09 Å². The molecule has 1 aliphatic heterocycles. The van der Waals surface area contributed by atoms with Gasteiger partial charge >= 0.3 is 6.09 Å². The van der Waals surface area contributed by atoms with Crippen LogP contribution in [-0.2, 0) is 17.9 Å². The molecule has 0 unspecified atom stereocenters. The van der Waals surface area contributed by atoms with E-state index in [1.54, 1.807) is 29.1 Å². The topological polar surface area (TPSA) is 42.4 Å². The molecular formula is C20H15ClN2O2S. The minimum atomic E-state index is -0.400. The molecule has 0 saturated carbocycles. The summed E-state index contributed by atoms with van der Waals surface area (Å²) >= 11 is 7.82. The van der Waals surface area contributed by atoms with Crippen LogP contribution in [0.25, 0.3) is 0 Å². The van der Waals surface area contributed by atoms with E-state index in [1.807, 2.05) is 48.5 Å². The molecule has 130 valence electrons. The number of hydrogen-bond acceptors (Lipinski definition) is 4. The molecule has 0 spiro atoms. The van der Waals surface area contributed by atoms with Gasteiger partial charge in [0.15, 0.2) is 0 Å². The number of rotatable bonds is 2. The maximum Gasteiger partial charge on any atom is 0.414 e. The summed E-state index contributed by atoms with van der Waals surface area (Å²) in [4.78, 5) is 20.6. The first-order chi connectivity index (χ1) is 12.7. The zero-order chi connectivity index (χ0) is 17.9. The quantitative estimate of drug-likeness (QED) is 0.583. The third kappa shape index (κ3) is 3.54. The minimum Gasteiger partial charge on any atom is -0.444 e. The van der Waals surface area contributed by atoms with Gasteiger partial charge in [-0.25, -0.2) is 4.79 Å². The lowest BCUT2D eigenvalue weighted by Crippen LogP contribution is -2.31. The van der Waals surface area contributed by atoms with Crippen molar-refractivity contribution in [3.05, 3.63) is 83.1 Å². The highest BCUT2D eigenvalue weighted by Crippen LogP contribution is 2.42. The van der Waals surface area contributed by atoms with E-state index in [4.69, 9.17) is 16.3 Å². The van der Waals surface area contributed by atoms with E-state index in [-0.39, 0.29) is 6.61 Å². The van der Waals surface area contributed by atoms with Crippen molar-refractivity contribution < 1.29 is 9.53 Å². The molecule has 0 radical (unpaired) electrons. The van der Waals surface area contributed by atoms with Gasteiger partial charge in [0.05, 0.1) is 12.2 Å². The van der Waals surface area contributed by atoms with Gasteiger partial charge in [0.25, 0.3) is 0 Å². The lowest BCUT2D eigenvalue weighted by molar-refractivity contribution is 0.146. The third-order valence-electron chi connectivity index (χ3n) is 4.06. The van der Waals surface area contributed by atoms with Crippen molar-refractivity contribution in [3.63, 3.8) is 0 Å². The van der Waals surface area contributed by atoms with Crippen molar-refractivity contribution in [3.8, 4) is 0 Å². The number of halogens is 1. The van der Waals surface area contributed by atoms with Crippen LogP contribution in [0.15, 0.2) is 76.8 Å². The molecule has 2 heterocycles. The average molecular weight is 383 g/mol. The van der Waals surface area contributed by atoms with Crippen molar-refractivity contribution in [1.29, 1.82) is 0 Å². The van der Waals surface area contributed by atoms with Gasteiger partial charge in [0.1, 0.15) is 6.61 Å². The molecule has 0 fully saturated rings. The smallest absolute Gasteiger partial charge is 0.414 e. The number of anilines is 1. The molecule has 0 N–H and O–H groups in total. The summed E-state index contributed by atoms with van der Waals surface area (Å²) in [5.74, 6) is 0. The lowest BCUT2D eigenvalue weighted by atomic mass is 10.2. The number of fused-ring (bicyclic) bond motifs is 2. The van der Waals surface area contributed by atoms with Gasteiger partial charge < -0.3 is 4.74 Å². The fourth-order valence-electron chi connectivity index (χ4n) is 2.76. The van der Waals surface area contributed by atoms with E-state index in [0.29, 0.717) is 11.6 Å². The van der Waals surface area contributed by atoms with Gasteiger partial charge in [-0.05, 0) is 47.5 Å². The largest absolute Gasteiger partial charge is 0.444 e. The van der Waals surface area contributed by atoms with Crippen LogP contribution in [-0.4, -0.2) is 11.1 Å². The summed E-state index contributed by atoms with van der Waals surface area (Å²) in [6.45, 7) is 0.633. The van der Waals surface area contributed by atoms with Crippen molar-refractivity contribution in [1.82, 2.24) is 4.98 Å². The number of carbonyl (C=O) groups is 1. The van der Waals surface area contributed by atoms with Crippen LogP contribution >= 0.6 is 23.4 Å². The zero-order valence-electron chi connectivity index (χ0n) is 13.8. The van der Waals surface area contributed by atoms with Gasteiger partial charge in [-0.3, -0.25) is 9.88 Å². The van der Waals surface area contributed by atoms with E-state index in [9.17, 15) is 4.79 Å². The van der Waals surface area contributed by atoms with Crippen molar-refractivity contribution >= 4 is 35.1 Å². The second kappa shape index (κ2) is 7.40. The van der Waals surface area contributed by atoms with Crippen LogP contribution in [0, 0.1) is 0 Å². The predicted octanol–water partition coefficient (Wildman–Crippen LogP) is 5.54. The van der Waals surface area contributed by atoms with Crippen LogP contribution in [0.4, 0.5) is 10.5 Å². The summed E-state index contributed by atoms with van der Waals surface area (Å²) in [5, 5.41) is 0.585. The fraction of sp³-hybridized carbons (Fsp3) is 0.100. The maximum absolute atomic E-state index is 12.8. The highest BCUT2D eigenvalue weighted by molar-refractivity contribution is 7.99. The Morgan fingerprint density at radius 2 is 1.92 bits per heavy atom. The SMILES string of the molecule is O=C(OCc1ccncc1)N1Cc2ccccc2Sc2ccc(Cl)cc21. The average Bonchev–Trinajstić information content (AvgIpc) is 2.83. The number of hydrogen-bond donors (Lipinski definition) is 0. The molecule has 4 nitrogen and oxygen atoms in total. The molecule has 2 aromatic carbocycles. The summed E-state index contributed by atoms with van der Waals surface area (Å²) in [5.41, 5.74) is 2.73. The molecule has 1 aromatic heterocycles. The van der Waals surface area contributed by atoms with Gasteiger partial charge in [-0.2, -0.15) is 0 Å². The fourth-order valence-corrected chi connectivity index (χ4v) is 3.98. The van der Waals surface area contributed by atoms with Crippen LogP contribution in [0.5, 0.6) is 0 Å². The normalized spacial score (nSPS) is 12.7. The zero-order valence-corrected chi connectivity index (χ0v) is 15.3. The van der Waals surface area contributed by atoms with E-state index >= 15 is 0 Å². The Balaban J connectivity index is 1.65.